The molecule has 2 aromatic carbocycles. The van der Waals surface area contributed by atoms with Crippen LogP contribution >= 0.6 is 0 Å². The quantitative estimate of drug-likeness (QED) is 0.673. The standard InChI is InChI=1S/C21H22N2O2/c1-15-5-3-4-6-16(15)7-10-21(24)22-12-11-17-14-23-20-9-8-18(25-2)13-19(17)20/h3-10,13-14,23H,11-12H2,1-2H3,(H,22,24)/b10-7+. The second kappa shape index (κ2) is 7.71. The molecule has 0 aliphatic rings. The Bertz CT molecular complexity index is 909. The molecule has 2 N–H and O–H groups in total. The first-order chi connectivity index (χ1) is 12.2. The molecule has 4 nitrogen and oxygen atoms in total. The highest BCUT2D eigenvalue weighted by Gasteiger charge is 2.05. The Kier molecular flexibility index (Phi) is 5.19. The Morgan fingerprint density at radius 2 is 2.08 bits per heavy atom. The zero-order chi connectivity index (χ0) is 17.6. The van der Waals surface area contributed by atoms with Gasteiger partial charge in [-0.05, 0) is 54.3 Å². The van der Waals surface area contributed by atoms with Crippen LogP contribution in [0.2, 0.25) is 0 Å². The Balaban J connectivity index is 1.58. The third-order valence-electron chi connectivity index (χ3n) is 4.27. The van der Waals surface area contributed by atoms with E-state index in [0.717, 1.165) is 39.8 Å². The number of fused-ring (bicyclic) bond motifs is 1. The normalized spacial score (nSPS) is 11.1. The summed E-state index contributed by atoms with van der Waals surface area (Å²) in [7, 11) is 1.66. The lowest BCUT2D eigenvalue weighted by molar-refractivity contribution is -0.116. The number of rotatable bonds is 6. The van der Waals surface area contributed by atoms with E-state index in [9.17, 15) is 4.79 Å². The van der Waals surface area contributed by atoms with Crippen molar-refractivity contribution in [2.75, 3.05) is 13.7 Å². The molecule has 1 amide bonds. The number of carbonyl (C=O) groups excluding carboxylic acids is 1. The lowest BCUT2D eigenvalue weighted by atomic mass is 10.1. The first kappa shape index (κ1) is 16.8. The predicted molar refractivity (Wildman–Crippen MR) is 102 cm³/mol. The fourth-order valence-corrected chi connectivity index (χ4v) is 2.81. The van der Waals surface area contributed by atoms with Crippen LogP contribution in [0, 0.1) is 6.92 Å². The van der Waals surface area contributed by atoms with E-state index in [-0.39, 0.29) is 5.91 Å². The van der Waals surface area contributed by atoms with Crippen molar-refractivity contribution in [3.8, 4) is 5.75 Å². The van der Waals surface area contributed by atoms with E-state index < -0.39 is 0 Å². The number of H-pyrrole nitrogens is 1. The van der Waals surface area contributed by atoms with Crippen molar-refractivity contribution in [1.82, 2.24) is 10.3 Å². The number of aromatic amines is 1. The van der Waals surface area contributed by atoms with Gasteiger partial charge >= 0.3 is 0 Å². The largest absolute Gasteiger partial charge is 0.497 e. The molecule has 25 heavy (non-hydrogen) atoms. The van der Waals surface area contributed by atoms with Crippen LogP contribution in [-0.4, -0.2) is 24.5 Å². The Hall–Kier alpha value is -3.01. The highest BCUT2D eigenvalue weighted by molar-refractivity contribution is 5.92. The van der Waals surface area contributed by atoms with Crippen molar-refractivity contribution >= 4 is 22.9 Å². The number of hydrogen-bond donors (Lipinski definition) is 2. The summed E-state index contributed by atoms with van der Waals surface area (Å²) in [4.78, 5) is 15.2. The molecule has 0 saturated heterocycles. The minimum atomic E-state index is -0.0827. The number of ether oxygens (including phenoxy) is 1. The average molecular weight is 334 g/mol. The second-order valence-electron chi connectivity index (χ2n) is 5.96. The number of aryl methyl sites for hydroxylation is 1. The van der Waals surface area contributed by atoms with Gasteiger partial charge in [0.2, 0.25) is 5.91 Å². The third kappa shape index (κ3) is 4.10. The van der Waals surface area contributed by atoms with Gasteiger partial charge in [-0.15, -0.1) is 0 Å². The minimum absolute atomic E-state index is 0.0827. The van der Waals surface area contributed by atoms with Crippen LogP contribution in [0.5, 0.6) is 5.75 Å². The number of benzene rings is 2. The van der Waals surface area contributed by atoms with Crippen LogP contribution in [0.1, 0.15) is 16.7 Å². The summed E-state index contributed by atoms with van der Waals surface area (Å²) in [5.74, 6) is 0.749. The van der Waals surface area contributed by atoms with Gasteiger partial charge in [0.1, 0.15) is 5.75 Å². The van der Waals surface area contributed by atoms with Gasteiger partial charge in [-0.3, -0.25) is 4.79 Å². The van der Waals surface area contributed by atoms with E-state index >= 15 is 0 Å². The van der Waals surface area contributed by atoms with Gasteiger partial charge in [-0.1, -0.05) is 24.3 Å². The van der Waals surface area contributed by atoms with Crippen LogP contribution in [0.15, 0.2) is 54.7 Å². The van der Waals surface area contributed by atoms with Gasteiger partial charge in [0, 0.05) is 29.7 Å². The van der Waals surface area contributed by atoms with E-state index in [2.05, 4.69) is 10.3 Å². The number of amides is 1. The lowest BCUT2D eigenvalue weighted by Crippen LogP contribution is -2.23. The van der Waals surface area contributed by atoms with Crippen LogP contribution in [0.3, 0.4) is 0 Å². The van der Waals surface area contributed by atoms with Crippen molar-refractivity contribution in [1.29, 1.82) is 0 Å². The number of aromatic nitrogens is 1. The van der Waals surface area contributed by atoms with Crippen molar-refractivity contribution in [2.24, 2.45) is 0 Å². The summed E-state index contributed by atoms with van der Waals surface area (Å²) in [6.45, 7) is 2.62. The topological polar surface area (TPSA) is 54.1 Å². The molecule has 3 aromatic rings. The highest BCUT2D eigenvalue weighted by atomic mass is 16.5. The minimum Gasteiger partial charge on any atom is -0.497 e. The summed E-state index contributed by atoms with van der Waals surface area (Å²) in [6, 6.07) is 13.9. The van der Waals surface area contributed by atoms with Gasteiger partial charge in [0.05, 0.1) is 7.11 Å². The maximum absolute atomic E-state index is 12.0. The summed E-state index contributed by atoms with van der Waals surface area (Å²) in [6.07, 6.45) is 6.18. The van der Waals surface area contributed by atoms with Crippen LogP contribution in [0.25, 0.3) is 17.0 Å². The van der Waals surface area contributed by atoms with E-state index in [1.54, 1.807) is 13.2 Å². The first-order valence-electron chi connectivity index (χ1n) is 8.33. The first-order valence-corrected chi connectivity index (χ1v) is 8.33. The Morgan fingerprint density at radius 3 is 2.88 bits per heavy atom. The van der Waals surface area contributed by atoms with E-state index in [1.165, 1.54) is 0 Å². The van der Waals surface area contributed by atoms with Crippen molar-refractivity contribution in [3.63, 3.8) is 0 Å². The number of hydrogen-bond acceptors (Lipinski definition) is 2. The molecule has 0 aliphatic carbocycles. The molecule has 1 heterocycles. The molecule has 0 unspecified atom stereocenters. The molecule has 0 saturated carbocycles. The third-order valence-corrected chi connectivity index (χ3v) is 4.27. The maximum Gasteiger partial charge on any atom is 0.244 e. The van der Waals surface area contributed by atoms with E-state index in [4.69, 9.17) is 4.74 Å². The molecule has 0 fully saturated rings. The lowest BCUT2D eigenvalue weighted by Gasteiger charge is -2.04. The van der Waals surface area contributed by atoms with E-state index in [1.807, 2.05) is 61.7 Å². The summed E-state index contributed by atoms with van der Waals surface area (Å²) in [5.41, 5.74) is 4.44. The fraction of sp³-hybridized carbons (Fsp3) is 0.190. The second-order valence-corrected chi connectivity index (χ2v) is 5.96. The number of nitrogens with one attached hydrogen (secondary N) is 2. The molecular formula is C21H22N2O2. The smallest absolute Gasteiger partial charge is 0.244 e. The molecule has 3 rings (SSSR count). The van der Waals surface area contributed by atoms with Gasteiger partial charge in [0.15, 0.2) is 0 Å². The molecule has 0 bridgehead atoms. The highest BCUT2D eigenvalue weighted by Crippen LogP contribution is 2.23. The Labute approximate surface area is 147 Å². The molecule has 4 heteroatoms. The number of methoxy groups -OCH3 is 1. The molecule has 0 aliphatic heterocycles. The van der Waals surface area contributed by atoms with Crippen LogP contribution < -0.4 is 10.1 Å². The summed E-state index contributed by atoms with van der Waals surface area (Å²) in [5, 5.41) is 4.06. The van der Waals surface area contributed by atoms with Crippen molar-refractivity contribution in [3.05, 3.63) is 71.4 Å². The monoisotopic (exact) mass is 334 g/mol. The molecule has 0 atom stereocenters. The van der Waals surface area contributed by atoms with Gasteiger partial charge in [-0.2, -0.15) is 0 Å². The van der Waals surface area contributed by atoms with Crippen molar-refractivity contribution < 1.29 is 9.53 Å². The zero-order valence-corrected chi connectivity index (χ0v) is 14.5. The van der Waals surface area contributed by atoms with E-state index in [0.29, 0.717) is 6.54 Å². The molecule has 1 aromatic heterocycles. The van der Waals surface area contributed by atoms with Gasteiger partial charge in [-0.25, -0.2) is 0 Å². The molecule has 0 spiro atoms. The summed E-state index contributed by atoms with van der Waals surface area (Å²) >= 11 is 0. The molecule has 0 radical (unpaired) electrons. The van der Waals surface area contributed by atoms with Crippen LogP contribution in [0.4, 0.5) is 0 Å². The Morgan fingerprint density at radius 1 is 1.24 bits per heavy atom. The zero-order valence-electron chi connectivity index (χ0n) is 14.5. The predicted octanol–water partition coefficient (Wildman–Crippen LogP) is 3.86. The van der Waals surface area contributed by atoms with Crippen LogP contribution in [-0.2, 0) is 11.2 Å². The molecular weight excluding hydrogens is 312 g/mol. The number of carbonyl (C=O) groups is 1. The maximum atomic E-state index is 12.0. The summed E-state index contributed by atoms with van der Waals surface area (Å²) < 4.78 is 5.28. The van der Waals surface area contributed by atoms with Crippen molar-refractivity contribution in [2.45, 2.75) is 13.3 Å². The van der Waals surface area contributed by atoms with Gasteiger partial charge < -0.3 is 15.0 Å². The average Bonchev–Trinajstić information content (AvgIpc) is 3.03. The SMILES string of the molecule is COc1ccc2[nH]cc(CCNC(=O)/C=C/c3ccccc3C)c2c1. The molecule has 128 valence electrons. The van der Waals surface area contributed by atoms with Gasteiger partial charge in [0.25, 0.3) is 0 Å². The fourth-order valence-electron chi connectivity index (χ4n) is 2.81.